The monoisotopic (exact) mass is 257 g/mol. The molecule has 1 aromatic heterocycles. The van der Waals surface area contributed by atoms with Crippen LogP contribution in [0.2, 0.25) is 5.15 Å². The van der Waals surface area contributed by atoms with Gasteiger partial charge in [-0.05, 0) is 12.8 Å². The van der Waals surface area contributed by atoms with Crippen molar-refractivity contribution in [2.45, 2.75) is 38.3 Å². The first-order chi connectivity index (χ1) is 8.22. The molecule has 0 aliphatic heterocycles. The Morgan fingerprint density at radius 1 is 1.53 bits per heavy atom. The van der Waals surface area contributed by atoms with Gasteiger partial charge in [-0.3, -0.25) is 4.90 Å². The summed E-state index contributed by atoms with van der Waals surface area (Å²) in [5, 5.41) is 9.82. The van der Waals surface area contributed by atoms with Crippen LogP contribution in [0.15, 0.2) is 6.20 Å². The molecule has 0 radical (unpaired) electrons. The number of rotatable bonds is 5. The minimum atomic E-state index is 0.203. The molecule has 0 bridgehead atoms. The predicted octanol–water partition coefficient (Wildman–Crippen LogP) is 1.81. The van der Waals surface area contributed by atoms with Crippen LogP contribution >= 0.6 is 11.6 Å². The number of hydrogen-bond acceptors (Lipinski definition) is 3. The first kappa shape index (κ1) is 12.9. The maximum atomic E-state index is 9.15. The Labute approximate surface area is 107 Å². The molecule has 0 spiro atoms. The van der Waals surface area contributed by atoms with Crippen molar-refractivity contribution in [2.24, 2.45) is 7.05 Å². The van der Waals surface area contributed by atoms with E-state index in [4.69, 9.17) is 16.7 Å². The fourth-order valence-corrected chi connectivity index (χ4v) is 2.69. The van der Waals surface area contributed by atoms with Gasteiger partial charge >= 0.3 is 0 Å². The van der Waals surface area contributed by atoms with Gasteiger partial charge in [-0.2, -0.15) is 0 Å². The molecular formula is C12H20ClN3O. The van der Waals surface area contributed by atoms with E-state index < -0.39 is 0 Å². The average Bonchev–Trinajstić information content (AvgIpc) is 2.93. The van der Waals surface area contributed by atoms with Gasteiger partial charge in [0, 0.05) is 19.6 Å². The maximum Gasteiger partial charge on any atom is 0.128 e. The lowest BCUT2D eigenvalue weighted by Gasteiger charge is -2.27. The lowest BCUT2D eigenvalue weighted by atomic mass is 10.2. The molecule has 96 valence electrons. The number of hydrogen-bond donors (Lipinski definition) is 1. The standard InChI is InChI=1S/C12H20ClN3O/c1-15-11(13)8-14-12(15)9-16(6-7-17)10-4-2-3-5-10/h8,10,17H,2-7,9H2,1H3. The van der Waals surface area contributed by atoms with Crippen LogP contribution in [0, 0.1) is 0 Å². The molecule has 1 aliphatic rings. The van der Waals surface area contributed by atoms with Crippen molar-refractivity contribution in [3.63, 3.8) is 0 Å². The molecule has 0 amide bonds. The minimum Gasteiger partial charge on any atom is -0.395 e. The highest BCUT2D eigenvalue weighted by atomic mass is 35.5. The summed E-state index contributed by atoms with van der Waals surface area (Å²) in [6.07, 6.45) is 6.75. The highest BCUT2D eigenvalue weighted by Gasteiger charge is 2.23. The number of halogens is 1. The van der Waals surface area contributed by atoms with Crippen molar-refractivity contribution in [1.29, 1.82) is 0 Å². The summed E-state index contributed by atoms with van der Waals surface area (Å²) in [7, 11) is 1.93. The fourth-order valence-electron chi connectivity index (χ4n) is 2.54. The third-order valence-electron chi connectivity index (χ3n) is 3.60. The number of aliphatic hydroxyl groups excluding tert-OH is 1. The molecule has 5 heteroatoms. The molecule has 1 saturated carbocycles. The Hall–Kier alpha value is -0.580. The maximum absolute atomic E-state index is 9.15. The first-order valence-corrected chi connectivity index (χ1v) is 6.61. The molecule has 1 fully saturated rings. The van der Waals surface area contributed by atoms with Gasteiger partial charge in [-0.25, -0.2) is 4.98 Å². The molecule has 1 aromatic rings. The molecule has 0 unspecified atom stereocenters. The molecule has 1 N–H and O–H groups in total. The highest BCUT2D eigenvalue weighted by Crippen LogP contribution is 2.24. The van der Waals surface area contributed by atoms with Crippen LogP contribution in [0.3, 0.4) is 0 Å². The van der Waals surface area contributed by atoms with E-state index in [2.05, 4.69) is 9.88 Å². The summed E-state index contributed by atoms with van der Waals surface area (Å²) in [5.41, 5.74) is 0. The van der Waals surface area contributed by atoms with E-state index >= 15 is 0 Å². The minimum absolute atomic E-state index is 0.203. The van der Waals surface area contributed by atoms with Crippen molar-refractivity contribution >= 4 is 11.6 Å². The number of imidazole rings is 1. The summed E-state index contributed by atoms with van der Waals surface area (Å²) in [6.45, 7) is 1.69. The van der Waals surface area contributed by atoms with Crippen LogP contribution in [-0.4, -0.2) is 38.8 Å². The van der Waals surface area contributed by atoms with Crippen LogP contribution in [0.5, 0.6) is 0 Å². The largest absolute Gasteiger partial charge is 0.395 e. The number of nitrogens with zero attached hydrogens (tertiary/aromatic N) is 3. The van der Waals surface area contributed by atoms with Crippen molar-refractivity contribution in [1.82, 2.24) is 14.5 Å². The Morgan fingerprint density at radius 3 is 2.76 bits per heavy atom. The molecule has 0 saturated heterocycles. The summed E-state index contributed by atoms with van der Waals surface area (Å²) in [4.78, 5) is 6.64. The molecule has 2 rings (SSSR count). The lowest BCUT2D eigenvalue weighted by Crippen LogP contribution is -2.35. The van der Waals surface area contributed by atoms with Gasteiger partial charge in [0.25, 0.3) is 0 Å². The van der Waals surface area contributed by atoms with Crippen LogP contribution in [0.1, 0.15) is 31.5 Å². The van der Waals surface area contributed by atoms with Crippen molar-refractivity contribution in [3.8, 4) is 0 Å². The highest BCUT2D eigenvalue weighted by molar-refractivity contribution is 6.29. The van der Waals surface area contributed by atoms with Gasteiger partial charge in [0.05, 0.1) is 19.3 Å². The van der Waals surface area contributed by atoms with Crippen LogP contribution in [0.25, 0.3) is 0 Å². The molecule has 0 atom stereocenters. The molecule has 0 aromatic carbocycles. The predicted molar refractivity (Wildman–Crippen MR) is 68.0 cm³/mol. The van der Waals surface area contributed by atoms with Crippen LogP contribution in [-0.2, 0) is 13.6 Å². The SMILES string of the molecule is Cn1c(Cl)cnc1CN(CCO)C1CCCC1. The quantitative estimate of drug-likeness (QED) is 0.875. The van der Waals surface area contributed by atoms with Gasteiger partial charge in [0.1, 0.15) is 11.0 Å². The van der Waals surface area contributed by atoms with Gasteiger partial charge in [-0.1, -0.05) is 24.4 Å². The number of aromatic nitrogens is 2. The smallest absolute Gasteiger partial charge is 0.128 e. The van der Waals surface area contributed by atoms with Gasteiger partial charge in [0.15, 0.2) is 0 Å². The van der Waals surface area contributed by atoms with Crippen molar-refractivity contribution < 1.29 is 5.11 Å². The van der Waals surface area contributed by atoms with Gasteiger partial charge in [0.2, 0.25) is 0 Å². The summed E-state index contributed by atoms with van der Waals surface area (Å²) in [6, 6.07) is 0.595. The van der Waals surface area contributed by atoms with Crippen molar-refractivity contribution in [3.05, 3.63) is 17.2 Å². The summed E-state index contributed by atoms with van der Waals surface area (Å²) in [5.74, 6) is 0.968. The molecule has 17 heavy (non-hydrogen) atoms. The van der Waals surface area contributed by atoms with E-state index in [1.54, 1.807) is 6.20 Å². The van der Waals surface area contributed by atoms with E-state index in [1.165, 1.54) is 25.7 Å². The number of aliphatic hydroxyl groups is 1. The third-order valence-corrected chi connectivity index (χ3v) is 3.95. The van der Waals surface area contributed by atoms with Crippen molar-refractivity contribution in [2.75, 3.05) is 13.2 Å². The summed E-state index contributed by atoms with van der Waals surface area (Å²) >= 11 is 5.98. The molecule has 1 aliphatic carbocycles. The van der Waals surface area contributed by atoms with E-state index in [0.717, 1.165) is 18.9 Å². The van der Waals surface area contributed by atoms with Crippen LogP contribution in [0.4, 0.5) is 0 Å². The second-order valence-electron chi connectivity index (χ2n) is 4.69. The van der Waals surface area contributed by atoms with Crippen LogP contribution < -0.4 is 0 Å². The Bertz CT molecular complexity index is 361. The Kier molecular flexibility index (Phi) is 4.42. The van der Waals surface area contributed by atoms with E-state index in [9.17, 15) is 0 Å². The molecule has 1 heterocycles. The third kappa shape index (κ3) is 3.00. The second kappa shape index (κ2) is 5.85. The Balaban J connectivity index is 2.04. The van der Waals surface area contributed by atoms with Gasteiger partial charge in [-0.15, -0.1) is 0 Å². The zero-order valence-corrected chi connectivity index (χ0v) is 11.0. The van der Waals surface area contributed by atoms with E-state index in [0.29, 0.717) is 11.2 Å². The zero-order valence-electron chi connectivity index (χ0n) is 10.3. The fraction of sp³-hybridized carbons (Fsp3) is 0.750. The van der Waals surface area contributed by atoms with Gasteiger partial charge < -0.3 is 9.67 Å². The average molecular weight is 258 g/mol. The Morgan fingerprint density at radius 2 is 2.24 bits per heavy atom. The first-order valence-electron chi connectivity index (χ1n) is 6.23. The summed E-state index contributed by atoms with van der Waals surface area (Å²) < 4.78 is 1.90. The van der Waals surface area contributed by atoms with E-state index in [1.807, 2.05) is 11.6 Å². The molecular weight excluding hydrogens is 238 g/mol. The normalized spacial score (nSPS) is 17.2. The lowest BCUT2D eigenvalue weighted by molar-refractivity contribution is 0.140. The molecule has 4 nitrogen and oxygen atoms in total. The second-order valence-corrected chi connectivity index (χ2v) is 5.08. The van der Waals surface area contributed by atoms with E-state index in [-0.39, 0.29) is 6.61 Å². The zero-order chi connectivity index (χ0) is 12.3. The topological polar surface area (TPSA) is 41.3 Å².